The van der Waals surface area contributed by atoms with E-state index in [0.717, 1.165) is 53.0 Å². The van der Waals surface area contributed by atoms with E-state index in [4.69, 9.17) is 14.2 Å². The first-order valence-electron chi connectivity index (χ1n) is 17.9. The van der Waals surface area contributed by atoms with E-state index >= 15 is 0 Å². The van der Waals surface area contributed by atoms with Gasteiger partial charge >= 0.3 is 5.97 Å². The summed E-state index contributed by atoms with van der Waals surface area (Å²) in [4.78, 5) is 28.8. The number of hydrogen-bond acceptors (Lipinski definition) is 8. The summed E-state index contributed by atoms with van der Waals surface area (Å²) in [6.45, 7) is 11.0. The van der Waals surface area contributed by atoms with Gasteiger partial charge in [0.25, 0.3) is 5.91 Å². The third-order valence-corrected chi connectivity index (χ3v) is 10.3. The molecule has 0 unspecified atom stereocenters. The maximum atomic E-state index is 12.3. The fourth-order valence-corrected chi connectivity index (χ4v) is 7.49. The molecule has 6 atom stereocenters. The SMILES string of the molecule is CC(=O)O[C@@H](C)C(=O)NCc1cccc(-c2ccc([C@@H]3O[C@H](CN4CCC[C@H]4CN4CCCC4)[C@H](C)[C@H](c4ccc(CO)cc4)O3)cc2)c1. The fourth-order valence-electron chi connectivity index (χ4n) is 7.49. The van der Waals surface area contributed by atoms with Crippen LogP contribution in [0.1, 0.15) is 81.1 Å². The largest absolute Gasteiger partial charge is 0.453 e. The third kappa shape index (κ3) is 8.96. The molecular weight excluding hydrogens is 618 g/mol. The molecule has 1 amide bonds. The van der Waals surface area contributed by atoms with E-state index in [1.54, 1.807) is 6.92 Å². The molecule has 3 fully saturated rings. The van der Waals surface area contributed by atoms with Crippen LogP contribution in [0.4, 0.5) is 0 Å². The Balaban J connectivity index is 1.17. The van der Waals surface area contributed by atoms with Crippen LogP contribution in [-0.4, -0.2) is 77.8 Å². The van der Waals surface area contributed by atoms with Gasteiger partial charge in [0.2, 0.25) is 0 Å². The summed E-state index contributed by atoms with van der Waals surface area (Å²) in [5.74, 6) is -0.675. The number of amides is 1. The highest BCUT2D eigenvalue weighted by atomic mass is 16.7. The molecule has 9 heteroatoms. The van der Waals surface area contributed by atoms with E-state index in [2.05, 4.69) is 64.5 Å². The summed E-state index contributed by atoms with van der Waals surface area (Å²) in [7, 11) is 0. The maximum absolute atomic E-state index is 12.3. The van der Waals surface area contributed by atoms with Crippen LogP contribution in [0.5, 0.6) is 0 Å². The zero-order valence-electron chi connectivity index (χ0n) is 29.1. The first-order chi connectivity index (χ1) is 23.8. The minimum absolute atomic E-state index is 0.00409. The minimum Gasteiger partial charge on any atom is -0.453 e. The zero-order chi connectivity index (χ0) is 34.3. The van der Waals surface area contributed by atoms with Crippen molar-refractivity contribution in [3.05, 3.63) is 95.1 Å². The van der Waals surface area contributed by atoms with Gasteiger partial charge in [0.15, 0.2) is 12.4 Å². The lowest BCUT2D eigenvalue weighted by molar-refractivity contribution is -0.276. The number of ether oxygens (including phenoxy) is 3. The second-order valence-electron chi connectivity index (χ2n) is 13.9. The first kappa shape index (κ1) is 35.2. The summed E-state index contributed by atoms with van der Waals surface area (Å²) >= 11 is 0. The zero-order valence-corrected chi connectivity index (χ0v) is 29.1. The molecule has 3 saturated heterocycles. The van der Waals surface area contributed by atoms with Crippen LogP contribution < -0.4 is 5.32 Å². The van der Waals surface area contributed by atoms with Gasteiger partial charge in [-0.2, -0.15) is 0 Å². The molecule has 3 aromatic rings. The van der Waals surface area contributed by atoms with Crippen molar-refractivity contribution in [2.45, 2.75) is 90.2 Å². The van der Waals surface area contributed by atoms with Crippen molar-refractivity contribution >= 4 is 11.9 Å². The average Bonchev–Trinajstić information content (AvgIpc) is 3.80. The predicted octanol–water partition coefficient (Wildman–Crippen LogP) is 5.77. The van der Waals surface area contributed by atoms with E-state index in [1.807, 2.05) is 30.3 Å². The van der Waals surface area contributed by atoms with Gasteiger partial charge in [-0.05, 0) is 86.1 Å². The van der Waals surface area contributed by atoms with Crippen molar-refractivity contribution in [3.8, 4) is 11.1 Å². The fraction of sp³-hybridized carbons (Fsp3) is 0.500. The van der Waals surface area contributed by atoms with Crippen LogP contribution in [0.2, 0.25) is 0 Å². The molecule has 0 saturated carbocycles. The lowest BCUT2D eigenvalue weighted by atomic mass is 9.89. The maximum Gasteiger partial charge on any atom is 0.303 e. The molecule has 2 N–H and O–H groups in total. The Morgan fingerprint density at radius 1 is 0.898 bits per heavy atom. The Bertz CT molecular complexity index is 1540. The normalized spacial score (nSPS) is 25.3. The molecule has 262 valence electrons. The van der Waals surface area contributed by atoms with E-state index in [9.17, 15) is 14.7 Å². The number of hydrogen-bond donors (Lipinski definition) is 2. The number of nitrogens with zero attached hydrogens (tertiary/aromatic N) is 2. The quantitative estimate of drug-likeness (QED) is 0.235. The van der Waals surface area contributed by atoms with Crippen molar-refractivity contribution < 1.29 is 28.9 Å². The van der Waals surface area contributed by atoms with Crippen molar-refractivity contribution in [2.24, 2.45) is 5.92 Å². The number of benzene rings is 3. The Kier molecular flexibility index (Phi) is 11.8. The van der Waals surface area contributed by atoms with Gasteiger partial charge in [-0.1, -0.05) is 73.7 Å². The Morgan fingerprint density at radius 3 is 2.35 bits per heavy atom. The molecule has 3 heterocycles. The number of rotatable bonds is 12. The number of likely N-dealkylation sites (tertiary alicyclic amines) is 2. The smallest absolute Gasteiger partial charge is 0.303 e. The number of carbonyl (C=O) groups excluding carboxylic acids is 2. The van der Waals surface area contributed by atoms with E-state index < -0.39 is 18.4 Å². The van der Waals surface area contributed by atoms with Gasteiger partial charge in [-0.25, -0.2) is 0 Å². The standard InChI is InChI=1S/C40H51N3O6/c1-27-37(25-43-21-7-10-36(43)24-42-19-4-5-20-42)48-40(49-38(27)33-13-11-30(26-44)12-14-33)34-17-15-32(16-18-34)35-9-6-8-31(22-35)23-41-39(46)28(2)47-29(3)45/h6,8-9,11-18,22,27-28,36-38,40,44H,4-5,7,10,19-21,23-26H2,1-3H3,(H,41,46)/t27-,28-,36-,37+,38+,40+/m0/s1. The topological polar surface area (TPSA) is 101 Å². The molecule has 6 rings (SSSR count). The summed E-state index contributed by atoms with van der Waals surface area (Å²) in [5.41, 5.74) is 5.97. The summed E-state index contributed by atoms with van der Waals surface area (Å²) in [6.07, 6.45) is 3.59. The van der Waals surface area contributed by atoms with Crippen molar-refractivity contribution in [1.29, 1.82) is 0 Å². The lowest BCUT2D eigenvalue weighted by Crippen LogP contribution is -2.48. The predicted molar refractivity (Wildman–Crippen MR) is 188 cm³/mol. The van der Waals surface area contributed by atoms with Gasteiger partial charge < -0.3 is 29.5 Å². The average molecular weight is 670 g/mol. The third-order valence-electron chi connectivity index (χ3n) is 10.3. The number of carbonyl (C=O) groups is 2. The Labute approximate surface area is 290 Å². The molecule has 3 aromatic carbocycles. The monoisotopic (exact) mass is 669 g/mol. The highest BCUT2D eigenvalue weighted by Gasteiger charge is 2.40. The number of aliphatic hydroxyl groups excluding tert-OH is 1. The first-order valence-corrected chi connectivity index (χ1v) is 17.9. The van der Waals surface area contributed by atoms with E-state index in [0.29, 0.717) is 12.6 Å². The van der Waals surface area contributed by atoms with Gasteiger partial charge in [-0.15, -0.1) is 0 Å². The van der Waals surface area contributed by atoms with Gasteiger partial charge in [0.1, 0.15) is 0 Å². The molecular formula is C40H51N3O6. The van der Waals surface area contributed by atoms with Crippen LogP contribution in [0, 0.1) is 5.92 Å². The molecule has 0 aliphatic carbocycles. The minimum atomic E-state index is -0.841. The Hall–Kier alpha value is -3.60. The van der Waals surface area contributed by atoms with E-state index in [1.165, 1.54) is 45.7 Å². The second kappa shape index (κ2) is 16.4. The molecule has 0 aromatic heterocycles. The van der Waals surface area contributed by atoms with Crippen LogP contribution in [-0.2, 0) is 37.0 Å². The van der Waals surface area contributed by atoms with Gasteiger partial charge in [0.05, 0.1) is 18.8 Å². The van der Waals surface area contributed by atoms with Gasteiger partial charge in [0, 0.05) is 44.1 Å². The van der Waals surface area contributed by atoms with Crippen molar-refractivity contribution in [1.82, 2.24) is 15.1 Å². The number of nitrogens with one attached hydrogen (secondary N) is 1. The van der Waals surface area contributed by atoms with Crippen LogP contribution in [0.25, 0.3) is 11.1 Å². The lowest BCUT2D eigenvalue weighted by Gasteiger charge is -2.43. The van der Waals surface area contributed by atoms with E-state index in [-0.39, 0.29) is 30.6 Å². The van der Waals surface area contributed by atoms with Crippen LogP contribution in [0.15, 0.2) is 72.8 Å². The molecule has 3 aliphatic heterocycles. The number of esters is 1. The van der Waals surface area contributed by atoms with Gasteiger partial charge in [-0.3, -0.25) is 14.5 Å². The highest BCUT2D eigenvalue weighted by molar-refractivity contribution is 5.82. The molecule has 9 nitrogen and oxygen atoms in total. The molecule has 0 bridgehead atoms. The molecule has 0 spiro atoms. The Morgan fingerprint density at radius 2 is 1.63 bits per heavy atom. The van der Waals surface area contributed by atoms with Crippen LogP contribution in [0.3, 0.4) is 0 Å². The summed E-state index contributed by atoms with van der Waals surface area (Å²) in [5, 5.41) is 12.5. The molecule has 0 radical (unpaired) electrons. The molecule has 49 heavy (non-hydrogen) atoms. The summed E-state index contributed by atoms with van der Waals surface area (Å²) in [6, 6.07) is 25.1. The number of aliphatic hydroxyl groups is 1. The van der Waals surface area contributed by atoms with Crippen molar-refractivity contribution in [3.63, 3.8) is 0 Å². The molecule has 3 aliphatic rings. The highest BCUT2D eigenvalue weighted by Crippen LogP contribution is 2.42. The van der Waals surface area contributed by atoms with Crippen LogP contribution >= 0.6 is 0 Å². The second-order valence-corrected chi connectivity index (χ2v) is 13.9. The van der Waals surface area contributed by atoms with Crippen molar-refractivity contribution in [2.75, 3.05) is 32.7 Å². The summed E-state index contributed by atoms with van der Waals surface area (Å²) < 4.78 is 18.6.